The van der Waals surface area contributed by atoms with Crippen molar-refractivity contribution in [2.24, 2.45) is 5.73 Å². The molecule has 1 atom stereocenters. The van der Waals surface area contributed by atoms with Crippen LogP contribution < -0.4 is 16.4 Å². The number of hydrogen-bond acceptors (Lipinski definition) is 2. The van der Waals surface area contributed by atoms with Gasteiger partial charge in [0, 0.05) is 18.2 Å². The first kappa shape index (κ1) is 16.1. The lowest BCUT2D eigenvalue weighted by Gasteiger charge is -2.25. The molecule has 0 heterocycles. The summed E-state index contributed by atoms with van der Waals surface area (Å²) in [5.41, 5.74) is 9.27. The second-order valence-corrected chi connectivity index (χ2v) is 6.10. The Balaban J connectivity index is 1.58. The molecule has 2 aromatic carbocycles. The maximum atomic E-state index is 12.4. The number of carbonyl (C=O) groups is 2. The van der Waals surface area contributed by atoms with E-state index in [9.17, 15) is 9.59 Å². The minimum atomic E-state index is -0.561. The SMILES string of the molecule is NC(=O)NCc1ccc(C(=O)NC2CCc3ccccc3C2)cc1. The zero-order valence-electron chi connectivity index (χ0n) is 13.4. The Labute approximate surface area is 141 Å². The summed E-state index contributed by atoms with van der Waals surface area (Å²) >= 11 is 0. The Hall–Kier alpha value is -2.82. The van der Waals surface area contributed by atoms with Crippen LogP contribution in [0, 0.1) is 0 Å². The highest BCUT2D eigenvalue weighted by molar-refractivity contribution is 5.94. The average molecular weight is 323 g/mol. The predicted octanol–water partition coefficient (Wildman–Crippen LogP) is 2.14. The topological polar surface area (TPSA) is 84.2 Å². The van der Waals surface area contributed by atoms with Gasteiger partial charge in [0.15, 0.2) is 0 Å². The molecule has 4 N–H and O–H groups in total. The van der Waals surface area contributed by atoms with Crippen molar-refractivity contribution in [2.45, 2.75) is 31.8 Å². The van der Waals surface area contributed by atoms with E-state index in [0.717, 1.165) is 24.8 Å². The van der Waals surface area contributed by atoms with Gasteiger partial charge in [-0.2, -0.15) is 0 Å². The fraction of sp³-hybridized carbons (Fsp3) is 0.263. The summed E-state index contributed by atoms with van der Waals surface area (Å²) in [6.07, 6.45) is 2.84. The van der Waals surface area contributed by atoms with E-state index in [4.69, 9.17) is 5.73 Å². The lowest BCUT2D eigenvalue weighted by molar-refractivity contribution is 0.0933. The van der Waals surface area contributed by atoms with Crippen molar-refractivity contribution >= 4 is 11.9 Å². The number of fused-ring (bicyclic) bond motifs is 1. The molecule has 0 spiro atoms. The lowest BCUT2D eigenvalue weighted by Crippen LogP contribution is -2.38. The van der Waals surface area contributed by atoms with E-state index < -0.39 is 6.03 Å². The van der Waals surface area contributed by atoms with Crippen LogP contribution in [-0.4, -0.2) is 18.0 Å². The molecule has 0 bridgehead atoms. The first-order valence-corrected chi connectivity index (χ1v) is 8.12. The molecule has 0 radical (unpaired) electrons. The molecule has 1 aliphatic rings. The van der Waals surface area contributed by atoms with E-state index in [1.807, 2.05) is 18.2 Å². The van der Waals surface area contributed by atoms with Crippen LogP contribution in [0.2, 0.25) is 0 Å². The smallest absolute Gasteiger partial charge is 0.312 e. The van der Waals surface area contributed by atoms with Crippen molar-refractivity contribution in [1.29, 1.82) is 0 Å². The molecule has 5 nitrogen and oxygen atoms in total. The van der Waals surface area contributed by atoms with Crippen molar-refractivity contribution in [3.63, 3.8) is 0 Å². The fourth-order valence-corrected chi connectivity index (χ4v) is 3.05. The molecule has 24 heavy (non-hydrogen) atoms. The summed E-state index contributed by atoms with van der Waals surface area (Å²) in [7, 11) is 0. The number of nitrogens with one attached hydrogen (secondary N) is 2. The predicted molar refractivity (Wildman–Crippen MR) is 92.6 cm³/mol. The molecule has 124 valence electrons. The molecular weight excluding hydrogens is 302 g/mol. The van der Waals surface area contributed by atoms with Gasteiger partial charge in [0.25, 0.3) is 5.91 Å². The number of primary amides is 1. The lowest BCUT2D eigenvalue weighted by atomic mass is 9.88. The van der Waals surface area contributed by atoms with Gasteiger partial charge in [-0.15, -0.1) is 0 Å². The van der Waals surface area contributed by atoms with Gasteiger partial charge in [0.1, 0.15) is 0 Å². The molecule has 0 aliphatic heterocycles. The first-order chi connectivity index (χ1) is 11.6. The molecular formula is C19H21N3O2. The molecule has 2 aromatic rings. The van der Waals surface area contributed by atoms with Crippen molar-refractivity contribution in [1.82, 2.24) is 10.6 Å². The van der Waals surface area contributed by atoms with Crippen LogP contribution in [0.4, 0.5) is 4.79 Å². The van der Waals surface area contributed by atoms with Crippen LogP contribution in [0.1, 0.15) is 33.5 Å². The molecule has 5 heteroatoms. The molecule has 0 aromatic heterocycles. The van der Waals surface area contributed by atoms with Crippen molar-refractivity contribution in [3.8, 4) is 0 Å². The van der Waals surface area contributed by atoms with Crippen LogP contribution in [0.5, 0.6) is 0 Å². The Morgan fingerprint density at radius 1 is 1.04 bits per heavy atom. The van der Waals surface area contributed by atoms with E-state index in [-0.39, 0.29) is 11.9 Å². The number of rotatable bonds is 4. The molecule has 0 fully saturated rings. The van der Waals surface area contributed by atoms with Crippen LogP contribution in [0.3, 0.4) is 0 Å². The third-order valence-electron chi connectivity index (χ3n) is 4.36. The third kappa shape index (κ3) is 3.93. The number of aryl methyl sites for hydroxylation is 1. The van der Waals surface area contributed by atoms with E-state index in [0.29, 0.717) is 12.1 Å². The monoisotopic (exact) mass is 323 g/mol. The quantitative estimate of drug-likeness (QED) is 0.805. The summed E-state index contributed by atoms with van der Waals surface area (Å²) in [5.74, 6) is -0.0613. The highest BCUT2D eigenvalue weighted by Crippen LogP contribution is 2.21. The molecule has 0 saturated carbocycles. The standard InChI is InChI=1S/C19H21N3O2/c20-19(24)21-12-13-5-7-15(8-6-13)18(23)22-17-10-9-14-3-1-2-4-16(14)11-17/h1-8,17H,9-12H2,(H,22,23)(H3,20,21,24). The van der Waals surface area contributed by atoms with Crippen LogP contribution in [0.15, 0.2) is 48.5 Å². The van der Waals surface area contributed by atoms with Gasteiger partial charge in [-0.1, -0.05) is 36.4 Å². The number of carbonyl (C=O) groups excluding carboxylic acids is 2. The normalized spacial score (nSPS) is 16.1. The maximum Gasteiger partial charge on any atom is 0.312 e. The number of benzene rings is 2. The van der Waals surface area contributed by atoms with Gasteiger partial charge in [-0.05, 0) is 48.1 Å². The Morgan fingerprint density at radius 3 is 2.46 bits per heavy atom. The van der Waals surface area contributed by atoms with Gasteiger partial charge < -0.3 is 16.4 Å². The van der Waals surface area contributed by atoms with Crippen molar-refractivity contribution < 1.29 is 9.59 Å². The Morgan fingerprint density at radius 2 is 1.75 bits per heavy atom. The molecule has 1 aliphatic carbocycles. The summed E-state index contributed by atoms with van der Waals surface area (Å²) < 4.78 is 0. The highest BCUT2D eigenvalue weighted by atomic mass is 16.2. The van der Waals surface area contributed by atoms with Gasteiger partial charge in [0.05, 0.1) is 0 Å². The molecule has 3 amide bonds. The fourth-order valence-electron chi connectivity index (χ4n) is 3.05. The van der Waals surface area contributed by atoms with E-state index in [1.54, 1.807) is 12.1 Å². The number of hydrogen-bond donors (Lipinski definition) is 3. The Kier molecular flexibility index (Phi) is 4.79. The van der Waals surface area contributed by atoms with Crippen molar-refractivity contribution in [2.75, 3.05) is 0 Å². The second-order valence-electron chi connectivity index (χ2n) is 6.10. The molecule has 1 unspecified atom stereocenters. The maximum absolute atomic E-state index is 12.4. The summed E-state index contributed by atoms with van der Waals surface area (Å²) in [4.78, 5) is 23.1. The number of nitrogens with two attached hydrogens (primary N) is 1. The minimum absolute atomic E-state index is 0.0613. The first-order valence-electron chi connectivity index (χ1n) is 8.12. The second kappa shape index (κ2) is 7.17. The van der Waals surface area contributed by atoms with Crippen molar-refractivity contribution in [3.05, 3.63) is 70.8 Å². The van der Waals surface area contributed by atoms with E-state index >= 15 is 0 Å². The largest absolute Gasteiger partial charge is 0.352 e. The van der Waals surface area contributed by atoms with Gasteiger partial charge >= 0.3 is 6.03 Å². The molecule has 0 saturated heterocycles. The van der Waals surface area contributed by atoms with Gasteiger partial charge in [-0.25, -0.2) is 4.79 Å². The number of amides is 3. The zero-order chi connectivity index (χ0) is 16.9. The van der Waals surface area contributed by atoms with Gasteiger partial charge in [-0.3, -0.25) is 4.79 Å². The highest BCUT2D eigenvalue weighted by Gasteiger charge is 2.20. The Bertz CT molecular complexity index is 741. The summed E-state index contributed by atoms with van der Waals surface area (Å²) in [6, 6.07) is 15.2. The van der Waals surface area contributed by atoms with Crippen LogP contribution >= 0.6 is 0 Å². The van der Waals surface area contributed by atoms with Crippen LogP contribution in [0.25, 0.3) is 0 Å². The van der Waals surface area contributed by atoms with Crippen LogP contribution in [-0.2, 0) is 19.4 Å². The zero-order valence-corrected chi connectivity index (χ0v) is 13.4. The third-order valence-corrected chi connectivity index (χ3v) is 4.36. The van der Waals surface area contributed by atoms with E-state index in [1.165, 1.54) is 11.1 Å². The molecule has 3 rings (SSSR count). The minimum Gasteiger partial charge on any atom is -0.352 e. The number of urea groups is 1. The van der Waals surface area contributed by atoms with E-state index in [2.05, 4.69) is 28.8 Å². The van der Waals surface area contributed by atoms with Gasteiger partial charge in [0.2, 0.25) is 0 Å². The average Bonchev–Trinajstić information content (AvgIpc) is 2.60. The summed E-state index contributed by atoms with van der Waals surface area (Å²) in [5, 5.41) is 5.64. The summed E-state index contributed by atoms with van der Waals surface area (Å²) in [6.45, 7) is 0.358.